The fourth-order valence-corrected chi connectivity index (χ4v) is 2.40. The molecular formula is C19H22F2N2O3. The predicted molar refractivity (Wildman–Crippen MR) is 95.6 cm³/mol. The van der Waals surface area contributed by atoms with Gasteiger partial charge in [0, 0.05) is 12.2 Å². The lowest BCUT2D eigenvalue weighted by Crippen LogP contribution is -2.39. The van der Waals surface area contributed by atoms with Crippen LogP contribution in [-0.4, -0.2) is 37.6 Å². The third-order valence-electron chi connectivity index (χ3n) is 3.96. The molecule has 2 aromatic carbocycles. The number of para-hydroxylation sites is 1. The first kappa shape index (κ1) is 19.7. The van der Waals surface area contributed by atoms with Crippen LogP contribution in [0.2, 0.25) is 0 Å². The van der Waals surface area contributed by atoms with Crippen LogP contribution in [0.1, 0.15) is 12.5 Å². The van der Waals surface area contributed by atoms with E-state index in [4.69, 9.17) is 4.74 Å². The van der Waals surface area contributed by atoms with E-state index in [2.05, 4.69) is 10.1 Å². The normalized spacial score (nSPS) is 12.1. The maximum Gasteiger partial charge on any atom is 0.387 e. The minimum atomic E-state index is -2.92. The third kappa shape index (κ3) is 5.42. The maximum absolute atomic E-state index is 12.4. The molecule has 1 atom stereocenters. The van der Waals surface area contributed by atoms with Crippen molar-refractivity contribution in [1.29, 1.82) is 0 Å². The number of nitrogens with zero attached hydrogens (tertiary/aromatic N) is 1. The molecule has 0 heterocycles. The number of methoxy groups -OCH3 is 1. The van der Waals surface area contributed by atoms with Gasteiger partial charge >= 0.3 is 6.61 Å². The van der Waals surface area contributed by atoms with Gasteiger partial charge in [0.25, 0.3) is 0 Å². The predicted octanol–water partition coefficient (Wildman–Crippen LogP) is 3.76. The molecule has 0 bridgehead atoms. The van der Waals surface area contributed by atoms with E-state index in [0.717, 1.165) is 11.3 Å². The number of hydrogen-bond acceptors (Lipinski definition) is 4. The summed E-state index contributed by atoms with van der Waals surface area (Å²) in [6.45, 7) is -0.683. The molecule has 0 saturated carbocycles. The number of rotatable bonds is 8. The Morgan fingerprint density at radius 2 is 1.85 bits per heavy atom. The van der Waals surface area contributed by atoms with E-state index >= 15 is 0 Å². The van der Waals surface area contributed by atoms with Crippen LogP contribution in [0.15, 0.2) is 48.5 Å². The number of likely N-dealkylation sites (N-methyl/N-ethyl adjacent to an activating group) is 1. The molecule has 1 N–H and O–H groups in total. The van der Waals surface area contributed by atoms with E-state index in [1.54, 1.807) is 19.1 Å². The van der Waals surface area contributed by atoms with Gasteiger partial charge in [-0.3, -0.25) is 9.69 Å². The van der Waals surface area contributed by atoms with Crippen molar-refractivity contribution in [3.8, 4) is 11.5 Å². The minimum absolute atomic E-state index is 0.0243. The number of carbonyl (C=O) groups excluding carboxylic acids is 1. The van der Waals surface area contributed by atoms with E-state index in [0.29, 0.717) is 6.54 Å². The van der Waals surface area contributed by atoms with Crippen LogP contribution in [0.25, 0.3) is 0 Å². The molecule has 2 aromatic rings. The van der Waals surface area contributed by atoms with Crippen LogP contribution in [0, 0.1) is 0 Å². The van der Waals surface area contributed by atoms with Gasteiger partial charge in [0.1, 0.15) is 0 Å². The average Bonchev–Trinajstić information content (AvgIpc) is 2.62. The Bertz CT molecular complexity index is 726. The first-order valence-corrected chi connectivity index (χ1v) is 8.08. The van der Waals surface area contributed by atoms with Crippen molar-refractivity contribution in [3.63, 3.8) is 0 Å². The van der Waals surface area contributed by atoms with Crippen molar-refractivity contribution in [1.82, 2.24) is 4.90 Å². The van der Waals surface area contributed by atoms with Crippen molar-refractivity contribution < 1.29 is 23.0 Å². The number of alkyl halides is 2. The van der Waals surface area contributed by atoms with Crippen LogP contribution in [0.3, 0.4) is 0 Å². The van der Waals surface area contributed by atoms with Crippen LogP contribution < -0.4 is 14.8 Å². The Kier molecular flexibility index (Phi) is 6.91. The first-order chi connectivity index (χ1) is 12.4. The van der Waals surface area contributed by atoms with Gasteiger partial charge in [-0.1, -0.05) is 24.3 Å². The Labute approximate surface area is 151 Å². The number of hydrogen-bond donors (Lipinski definition) is 1. The summed E-state index contributed by atoms with van der Waals surface area (Å²) in [7, 11) is 3.20. The van der Waals surface area contributed by atoms with Crippen molar-refractivity contribution in [3.05, 3.63) is 54.1 Å². The molecule has 26 heavy (non-hydrogen) atoms. The summed E-state index contributed by atoms with van der Waals surface area (Å²) in [4.78, 5) is 14.2. The second-order valence-electron chi connectivity index (χ2n) is 5.81. The molecule has 0 aliphatic rings. The number of amides is 1. The van der Waals surface area contributed by atoms with Gasteiger partial charge in [-0.15, -0.1) is 0 Å². The van der Waals surface area contributed by atoms with E-state index in [1.165, 1.54) is 13.2 Å². The summed E-state index contributed by atoms with van der Waals surface area (Å²) in [6.07, 6.45) is 0. The van der Waals surface area contributed by atoms with Crippen molar-refractivity contribution in [2.75, 3.05) is 19.5 Å². The van der Waals surface area contributed by atoms with E-state index in [1.807, 2.05) is 42.3 Å². The molecule has 7 heteroatoms. The molecule has 0 aromatic heterocycles. The highest BCUT2D eigenvalue weighted by Gasteiger charge is 2.19. The molecule has 1 amide bonds. The summed E-state index contributed by atoms with van der Waals surface area (Å²) in [5, 5.41) is 2.85. The zero-order valence-corrected chi connectivity index (χ0v) is 14.9. The fourth-order valence-electron chi connectivity index (χ4n) is 2.40. The molecule has 0 radical (unpaired) electrons. The molecule has 0 spiro atoms. The quantitative estimate of drug-likeness (QED) is 0.775. The second-order valence-corrected chi connectivity index (χ2v) is 5.81. The SMILES string of the molecule is COc1cc(CN(C)[C@H](C)C(=O)Nc2ccccc2)ccc1OC(F)F. The second kappa shape index (κ2) is 9.15. The Hall–Kier alpha value is -2.67. The van der Waals surface area contributed by atoms with Crippen molar-refractivity contribution in [2.24, 2.45) is 0 Å². The van der Waals surface area contributed by atoms with Crippen molar-refractivity contribution >= 4 is 11.6 Å². The number of benzene rings is 2. The van der Waals surface area contributed by atoms with E-state index in [9.17, 15) is 13.6 Å². The average molecular weight is 364 g/mol. The molecule has 0 saturated heterocycles. The number of nitrogens with one attached hydrogen (secondary N) is 1. The molecular weight excluding hydrogens is 342 g/mol. The van der Waals surface area contributed by atoms with Gasteiger partial charge in [0.15, 0.2) is 11.5 Å². The smallest absolute Gasteiger partial charge is 0.387 e. The summed E-state index contributed by atoms with van der Waals surface area (Å²) in [5.74, 6) is 0.0599. The van der Waals surface area contributed by atoms with Gasteiger partial charge < -0.3 is 14.8 Å². The molecule has 0 fully saturated rings. The summed E-state index contributed by atoms with van der Waals surface area (Å²) >= 11 is 0. The zero-order valence-electron chi connectivity index (χ0n) is 14.9. The van der Waals surface area contributed by atoms with E-state index < -0.39 is 12.7 Å². The Balaban J connectivity index is 2.01. The molecule has 2 rings (SSSR count). The van der Waals surface area contributed by atoms with Crippen LogP contribution in [0.5, 0.6) is 11.5 Å². The fraction of sp³-hybridized carbons (Fsp3) is 0.316. The molecule has 5 nitrogen and oxygen atoms in total. The first-order valence-electron chi connectivity index (χ1n) is 8.08. The highest BCUT2D eigenvalue weighted by atomic mass is 19.3. The lowest BCUT2D eigenvalue weighted by Gasteiger charge is -2.24. The van der Waals surface area contributed by atoms with Gasteiger partial charge in [-0.05, 0) is 43.8 Å². The topological polar surface area (TPSA) is 50.8 Å². The van der Waals surface area contributed by atoms with E-state index in [-0.39, 0.29) is 17.4 Å². The number of halogens is 2. The molecule has 0 aliphatic carbocycles. The van der Waals surface area contributed by atoms with Gasteiger partial charge in [0.05, 0.1) is 13.2 Å². The van der Waals surface area contributed by atoms with Gasteiger partial charge in [0.2, 0.25) is 5.91 Å². The summed E-state index contributed by atoms with van der Waals surface area (Å²) in [5.41, 5.74) is 1.54. The van der Waals surface area contributed by atoms with Crippen LogP contribution in [0.4, 0.5) is 14.5 Å². The molecule has 140 valence electrons. The maximum atomic E-state index is 12.4. The lowest BCUT2D eigenvalue weighted by molar-refractivity contribution is -0.120. The monoisotopic (exact) mass is 364 g/mol. The lowest BCUT2D eigenvalue weighted by atomic mass is 10.1. The standard InChI is InChI=1S/C19H22F2N2O3/c1-13(18(24)22-15-7-5-4-6-8-15)23(2)12-14-9-10-16(26-19(20)21)17(11-14)25-3/h4-11,13,19H,12H2,1-3H3,(H,22,24)/t13-/m1/s1. The Morgan fingerprint density at radius 3 is 2.46 bits per heavy atom. The Morgan fingerprint density at radius 1 is 1.15 bits per heavy atom. The number of ether oxygens (including phenoxy) is 2. The number of anilines is 1. The molecule has 0 aliphatic heterocycles. The molecule has 0 unspecified atom stereocenters. The minimum Gasteiger partial charge on any atom is -0.493 e. The largest absolute Gasteiger partial charge is 0.493 e. The van der Waals surface area contributed by atoms with Crippen molar-refractivity contribution in [2.45, 2.75) is 26.1 Å². The third-order valence-corrected chi connectivity index (χ3v) is 3.96. The van der Waals surface area contributed by atoms with Crippen LogP contribution >= 0.6 is 0 Å². The van der Waals surface area contributed by atoms with Gasteiger partial charge in [-0.2, -0.15) is 8.78 Å². The summed E-state index contributed by atoms with van der Waals surface area (Å²) < 4.78 is 34.3. The summed E-state index contributed by atoms with van der Waals surface area (Å²) in [6, 6.07) is 13.5. The number of carbonyl (C=O) groups is 1. The zero-order chi connectivity index (χ0) is 19.1. The highest BCUT2D eigenvalue weighted by Crippen LogP contribution is 2.30. The van der Waals surface area contributed by atoms with Crippen LogP contribution in [-0.2, 0) is 11.3 Å². The van der Waals surface area contributed by atoms with Gasteiger partial charge in [-0.25, -0.2) is 0 Å². The highest BCUT2D eigenvalue weighted by molar-refractivity contribution is 5.94.